The van der Waals surface area contributed by atoms with E-state index in [1.807, 2.05) is 24.4 Å². The number of aromatic amines is 1. The van der Waals surface area contributed by atoms with Crippen LogP contribution in [0.4, 0.5) is 11.4 Å². The molecule has 0 spiro atoms. The third-order valence-electron chi connectivity index (χ3n) is 5.25. The molecule has 4 heterocycles. The molecule has 5 rings (SSSR count). The molecule has 6 nitrogen and oxygen atoms in total. The Morgan fingerprint density at radius 2 is 2.11 bits per heavy atom. The van der Waals surface area contributed by atoms with Crippen LogP contribution in [0.2, 0.25) is 0 Å². The van der Waals surface area contributed by atoms with Gasteiger partial charge in [-0.25, -0.2) is 0 Å². The van der Waals surface area contributed by atoms with Gasteiger partial charge in [0.1, 0.15) is 0 Å². The van der Waals surface area contributed by atoms with Gasteiger partial charge < -0.3 is 10.6 Å². The van der Waals surface area contributed by atoms with Gasteiger partial charge in [-0.05, 0) is 49.1 Å². The van der Waals surface area contributed by atoms with Gasteiger partial charge in [0.05, 0.1) is 17.6 Å². The predicted molar refractivity (Wildman–Crippen MR) is 106 cm³/mol. The van der Waals surface area contributed by atoms with Gasteiger partial charge in [-0.3, -0.25) is 14.9 Å². The third-order valence-corrected chi connectivity index (χ3v) is 5.25. The number of amides is 1. The second kappa shape index (κ2) is 6.09. The second-order valence-corrected chi connectivity index (χ2v) is 6.95. The molecule has 134 valence electrons. The van der Waals surface area contributed by atoms with Crippen molar-refractivity contribution in [2.75, 3.05) is 17.2 Å². The summed E-state index contributed by atoms with van der Waals surface area (Å²) < 4.78 is 0. The van der Waals surface area contributed by atoms with E-state index >= 15 is 0 Å². The first kappa shape index (κ1) is 15.8. The SMILES string of the molecule is Cc1c(-c2ccc3c(c2)/C(=C/c2cn[nH]c2)C(=O)N3)cnc2c1NCCC2. The summed E-state index contributed by atoms with van der Waals surface area (Å²) in [4.78, 5) is 17.1. The summed E-state index contributed by atoms with van der Waals surface area (Å²) in [7, 11) is 0. The number of H-pyrrole nitrogens is 1. The lowest BCUT2D eigenvalue weighted by atomic mass is 9.95. The first-order valence-electron chi connectivity index (χ1n) is 9.09. The van der Waals surface area contributed by atoms with Crippen molar-refractivity contribution >= 4 is 28.9 Å². The predicted octanol–water partition coefficient (Wildman–Crippen LogP) is 3.63. The second-order valence-electron chi connectivity index (χ2n) is 6.95. The number of hydrogen-bond donors (Lipinski definition) is 3. The number of pyridine rings is 1. The van der Waals surface area contributed by atoms with Gasteiger partial charge in [0.25, 0.3) is 5.91 Å². The number of anilines is 2. The van der Waals surface area contributed by atoms with Gasteiger partial charge in [-0.1, -0.05) is 6.07 Å². The van der Waals surface area contributed by atoms with E-state index < -0.39 is 0 Å². The molecule has 3 aromatic rings. The van der Waals surface area contributed by atoms with Crippen LogP contribution in [0.25, 0.3) is 22.8 Å². The fourth-order valence-electron chi connectivity index (χ4n) is 3.84. The van der Waals surface area contributed by atoms with Gasteiger partial charge in [0, 0.05) is 46.9 Å². The highest BCUT2D eigenvalue weighted by Gasteiger charge is 2.25. The molecule has 2 aromatic heterocycles. The van der Waals surface area contributed by atoms with Crippen molar-refractivity contribution in [1.82, 2.24) is 15.2 Å². The monoisotopic (exact) mass is 357 g/mol. The zero-order valence-electron chi connectivity index (χ0n) is 15.0. The Balaban J connectivity index is 1.61. The van der Waals surface area contributed by atoms with Crippen molar-refractivity contribution in [2.45, 2.75) is 19.8 Å². The Kier molecular flexibility index (Phi) is 3.57. The number of nitrogens with zero attached hydrogens (tertiary/aromatic N) is 2. The Labute approximate surface area is 156 Å². The molecule has 0 fully saturated rings. The maximum absolute atomic E-state index is 12.4. The van der Waals surface area contributed by atoms with Crippen LogP contribution >= 0.6 is 0 Å². The lowest BCUT2D eigenvalue weighted by Crippen LogP contribution is -2.14. The van der Waals surface area contributed by atoms with E-state index in [9.17, 15) is 4.79 Å². The Morgan fingerprint density at radius 3 is 2.96 bits per heavy atom. The number of carbonyl (C=O) groups excluding carboxylic acids is 1. The summed E-state index contributed by atoms with van der Waals surface area (Å²) in [6, 6.07) is 6.07. The third kappa shape index (κ3) is 2.61. The topological polar surface area (TPSA) is 82.7 Å². The minimum absolute atomic E-state index is 0.0923. The van der Waals surface area contributed by atoms with E-state index in [0.29, 0.717) is 5.57 Å². The van der Waals surface area contributed by atoms with Crippen LogP contribution in [0.3, 0.4) is 0 Å². The number of fused-ring (bicyclic) bond motifs is 2. The highest BCUT2D eigenvalue weighted by molar-refractivity contribution is 6.35. The van der Waals surface area contributed by atoms with Gasteiger partial charge in [0.15, 0.2) is 0 Å². The Hall–Kier alpha value is -3.41. The molecule has 0 radical (unpaired) electrons. The molecule has 0 aliphatic carbocycles. The van der Waals surface area contributed by atoms with Gasteiger partial charge in [-0.2, -0.15) is 5.10 Å². The molecule has 27 heavy (non-hydrogen) atoms. The average Bonchev–Trinajstić information content (AvgIpc) is 3.31. The first-order valence-corrected chi connectivity index (χ1v) is 9.09. The number of benzene rings is 1. The Morgan fingerprint density at radius 1 is 1.19 bits per heavy atom. The molecule has 0 saturated heterocycles. The number of carbonyl (C=O) groups is 1. The number of hydrogen-bond acceptors (Lipinski definition) is 4. The Bertz CT molecular complexity index is 1080. The standard InChI is InChI=1S/C21H19N5O/c1-12-17(11-23-19-3-2-6-22-20(12)19)14-4-5-18-15(8-14)16(21(27)26-18)7-13-9-24-25-10-13/h4-5,7-11,22H,2-3,6H2,1H3,(H,24,25)(H,26,27)/b16-7-. The van der Waals surface area contributed by atoms with E-state index in [2.05, 4.69) is 38.8 Å². The van der Waals surface area contributed by atoms with Crippen molar-refractivity contribution in [2.24, 2.45) is 0 Å². The van der Waals surface area contributed by atoms with E-state index in [1.54, 1.807) is 12.4 Å². The summed E-state index contributed by atoms with van der Waals surface area (Å²) in [6.45, 7) is 3.12. The van der Waals surface area contributed by atoms with Crippen LogP contribution in [0.1, 0.15) is 28.8 Å². The smallest absolute Gasteiger partial charge is 0.256 e. The number of rotatable bonds is 2. The number of aromatic nitrogens is 3. The van der Waals surface area contributed by atoms with Gasteiger partial charge in [0.2, 0.25) is 0 Å². The zero-order valence-corrected chi connectivity index (χ0v) is 15.0. The van der Waals surface area contributed by atoms with Gasteiger partial charge in [-0.15, -0.1) is 0 Å². The zero-order chi connectivity index (χ0) is 18.4. The van der Waals surface area contributed by atoms with Crippen molar-refractivity contribution in [1.29, 1.82) is 0 Å². The molecule has 0 bridgehead atoms. The first-order chi connectivity index (χ1) is 13.2. The van der Waals surface area contributed by atoms with E-state index in [1.165, 1.54) is 5.56 Å². The molecular weight excluding hydrogens is 338 g/mol. The van der Waals surface area contributed by atoms with Crippen LogP contribution in [0.5, 0.6) is 0 Å². The molecule has 0 saturated carbocycles. The largest absolute Gasteiger partial charge is 0.383 e. The van der Waals surface area contributed by atoms with Crippen LogP contribution in [0.15, 0.2) is 36.8 Å². The lowest BCUT2D eigenvalue weighted by Gasteiger charge is -2.21. The molecule has 1 aromatic carbocycles. The molecular formula is C21H19N5O. The van der Waals surface area contributed by atoms with Crippen LogP contribution < -0.4 is 10.6 Å². The van der Waals surface area contributed by atoms with Crippen LogP contribution in [0, 0.1) is 6.92 Å². The normalized spacial score (nSPS) is 16.6. The minimum Gasteiger partial charge on any atom is -0.383 e. The molecule has 6 heteroatoms. The van der Waals surface area contributed by atoms with Crippen molar-refractivity contribution in [3.8, 4) is 11.1 Å². The van der Waals surface area contributed by atoms with Gasteiger partial charge >= 0.3 is 0 Å². The van der Waals surface area contributed by atoms with Crippen molar-refractivity contribution in [3.05, 3.63) is 59.2 Å². The average molecular weight is 357 g/mol. The molecule has 1 amide bonds. The number of aryl methyl sites for hydroxylation is 1. The van der Waals surface area contributed by atoms with Crippen LogP contribution in [-0.4, -0.2) is 27.6 Å². The maximum atomic E-state index is 12.4. The van der Waals surface area contributed by atoms with Crippen LogP contribution in [-0.2, 0) is 11.2 Å². The highest BCUT2D eigenvalue weighted by atomic mass is 16.2. The summed E-state index contributed by atoms with van der Waals surface area (Å²) >= 11 is 0. The summed E-state index contributed by atoms with van der Waals surface area (Å²) in [5, 5.41) is 13.1. The number of nitrogens with one attached hydrogen (secondary N) is 3. The quantitative estimate of drug-likeness (QED) is 0.612. The lowest BCUT2D eigenvalue weighted by molar-refractivity contribution is -0.110. The summed E-state index contributed by atoms with van der Waals surface area (Å²) in [6.07, 6.45) is 9.41. The summed E-state index contributed by atoms with van der Waals surface area (Å²) in [5.41, 5.74) is 8.91. The fourth-order valence-corrected chi connectivity index (χ4v) is 3.84. The van der Waals surface area contributed by atoms with E-state index in [-0.39, 0.29) is 5.91 Å². The molecule has 2 aliphatic heterocycles. The van der Waals surface area contributed by atoms with Crippen molar-refractivity contribution in [3.63, 3.8) is 0 Å². The van der Waals surface area contributed by atoms with E-state index in [0.717, 1.165) is 58.7 Å². The highest BCUT2D eigenvalue weighted by Crippen LogP contribution is 2.38. The molecule has 3 N–H and O–H groups in total. The fraction of sp³-hybridized carbons (Fsp3) is 0.190. The van der Waals surface area contributed by atoms with Crippen molar-refractivity contribution < 1.29 is 4.79 Å². The minimum atomic E-state index is -0.0923. The maximum Gasteiger partial charge on any atom is 0.256 e. The molecule has 0 unspecified atom stereocenters. The van der Waals surface area contributed by atoms with E-state index in [4.69, 9.17) is 0 Å². The summed E-state index contributed by atoms with van der Waals surface area (Å²) in [5.74, 6) is -0.0923. The molecule has 2 aliphatic rings. The molecule has 0 atom stereocenters.